The number of nitrogens with zero attached hydrogens (tertiary/aromatic N) is 2. The average Bonchev–Trinajstić information content (AvgIpc) is 2.70. The van der Waals surface area contributed by atoms with Gasteiger partial charge in [0, 0.05) is 61.4 Å². The molecular formula is C23H22ClFN2O2. The van der Waals surface area contributed by atoms with Crippen LogP contribution in [0.25, 0.3) is 0 Å². The molecule has 0 atom stereocenters. The van der Waals surface area contributed by atoms with Crippen LogP contribution in [0, 0.1) is 5.82 Å². The summed E-state index contributed by atoms with van der Waals surface area (Å²) in [7, 11) is 1.78. The van der Waals surface area contributed by atoms with E-state index in [0.717, 1.165) is 36.3 Å². The molecule has 0 saturated carbocycles. The van der Waals surface area contributed by atoms with Gasteiger partial charge < -0.3 is 9.67 Å². The zero-order valence-electron chi connectivity index (χ0n) is 16.2. The fourth-order valence-corrected chi connectivity index (χ4v) is 4.20. The fourth-order valence-electron chi connectivity index (χ4n) is 3.97. The number of pyridine rings is 1. The van der Waals surface area contributed by atoms with Gasteiger partial charge in [0.15, 0.2) is 0 Å². The first kappa shape index (κ1) is 19.7. The van der Waals surface area contributed by atoms with Crippen LogP contribution in [0.5, 0.6) is 5.75 Å². The van der Waals surface area contributed by atoms with Gasteiger partial charge in [-0.05, 0) is 41.5 Å². The van der Waals surface area contributed by atoms with E-state index in [9.17, 15) is 14.3 Å². The summed E-state index contributed by atoms with van der Waals surface area (Å²) in [4.78, 5) is 15.1. The van der Waals surface area contributed by atoms with Crippen LogP contribution in [0.1, 0.15) is 27.9 Å². The van der Waals surface area contributed by atoms with Crippen molar-refractivity contribution in [3.05, 3.63) is 97.7 Å². The van der Waals surface area contributed by atoms with Crippen LogP contribution in [-0.4, -0.2) is 21.1 Å². The highest BCUT2D eigenvalue weighted by Gasteiger charge is 2.21. The normalized spacial score (nSPS) is 14.0. The summed E-state index contributed by atoms with van der Waals surface area (Å²) in [6.45, 7) is 2.32. The van der Waals surface area contributed by atoms with Crippen molar-refractivity contribution >= 4 is 11.6 Å². The predicted octanol–water partition coefficient (Wildman–Crippen LogP) is 4.03. The number of hydrogen-bond donors (Lipinski definition) is 1. The fraction of sp³-hybridized carbons (Fsp3) is 0.261. The first-order valence-electron chi connectivity index (χ1n) is 9.56. The SMILES string of the molecule is Cn1c2c(cc(Cc3c(F)cccc3Cl)c1=O)CN(Cc1ccc(O)cc1)CC2. The zero-order valence-corrected chi connectivity index (χ0v) is 16.9. The largest absolute Gasteiger partial charge is 0.508 e. The minimum atomic E-state index is -0.397. The Bertz CT molecular complexity index is 1090. The number of phenolic OH excluding ortho intramolecular Hbond substituents is 1. The van der Waals surface area contributed by atoms with Gasteiger partial charge in [-0.3, -0.25) is 9.69 Å². The topological polar surface area (TPSA) is 45.5 Å². The Morgan fingerprint density at radius 3 is 2.66 bits per heavy atom. The number of halogens is 2. The van der Waals surface area contributed by atoms with Gasteiger partial charge in [-0.15, -0.1) is 0 Å². The van der Waals surface area contributed by atoms with E-state index in [1.807, 2.05) is 18.2 Å². The van der Waals surface area contributed by atoms with Gasteiger partial charge in [0.2, 0.25) is 0 Å². The Labute approximate surface area is 173 Å². The van der Waals surface area contributed by atoms with E-state index in [2.05, 4.69) is 4.90 Å². The summed E-state index contributed by atoms with van der Waals surface area (Å²) in [6, 6.07) is 13.7. The lowest BCUT2D eigenvalue weighted by molar-refractivity contribution is 0.240. The Hall–Kier alpha value is -2.63. The van der Waals surface area contributed by atoms with Crippen molar-refractivity contribution in [2.75, 3.05) is 6.54 Å². The van der Waals surface area contributed by atoms with Crippen molar-refractivity contribution in [3.8, 4) is 5.75 Å². The summed E-state index contributed by atoms with van der Waals surface area (Å²) in [5.74, 6) is -0.143. The van der Waals surface area contributed by atoms with Crippen molar-refractivity contribution in [3.63, 3.8) is 0 Å². The Morgan fingerprint density at radius 2 is 1.93 bits per heavy atom. The Kier molecular flexibility index (Phi) is 5.43. The van der Waals surface area contributed by atoms with Gasteiger partial charge in [-0.2, -0.15) is 0 Å². The molecule has 0 fully saturated rings. The highest BCUT2D eigenvalue weighted by molar-refractivity contribution is 6.31. The quantitative estimate of drug-likeness (QED) is 0.703. The summed E-state index contributed by atoms with van der Waals surface area (Å²) in [5, 5.41) is 9.79. The number of fused-ring (bicyclic) bond motifs is 1. The average molecular weight is 413 g/mol. The lowest BCUT2D eigenvalue weighted by Gasteiger charge is -2.30. The van der Waals surface area contributed by atoms with Gasteiger partial charge in [-0.1, -0.05) is 29.8 Å². The second kappa shape index (κ2) is 8.01. The van der Waals surface area contributed by atoms with Crippen molar-refractivity contribution in [2.24, 2.45) is 7.05 Å². The molecule has 29 heavy (non-hydrogen) atoms. The van der Waals surface area contributed by atoms with E-state index >= 15 is 0 Å². The van der Waals surface area contributed by atoms with Crippen LogP contribution in [0.15, 0.2) is 53.3 Å². The molecule has 3 aromatic rings. The minimum absolute atomic E-state index is 0.102. The molecule has 0 amide bonds. The monoisotopic (exact) mass is 412 g/mol. The van der Waals surface area contributed by atoms with E-state index in [4.69, 9.17) is 11.6 Å². The van der Waals surface area contributed by atoms with Gasteiger partial charge in [-0.25, -0.2) is 4.39 Å². The van der Waals surface area contributed by atoms with Crippen LogP contribution < -0.4 is 5.56 Å². The number of benzene rings is 2. The lowest BCUT2D eigenvalue weighted by Crippen LogP contribution is -2.35. The lowest BCUT2D eigenvalue weighted by atomic mass is 9.98. The molecule has 0 bridgehead atoms. The summed E-state index contributed by atoms with van der Waals surface area (Å²) in [5.41, 5.74) is 4.03. The number of hydrogen-bond acceptors (Lipinski definition) is 3. The number of rotatable bonds is 4. The van der Waals surface area contributed by atoms with Crippen LogP contribution in [0.3, 0.4) is 0 Å². The molecule has 2 heterocycles. The predicted molar refractivity (Wildman–Crippen MR) is 112 cm³/mol. The Balaban J connectivity index is 1.62. The van der Waals surface area contributed by atoms with Gasteiger partial charge in [0.1, 0.15) is 11.6 Å². The molecule has 1 N–H and O–H groups in total. The van der Waals surface area contributed by atoms with Gasteiger partial charge in [0.25, 0.3) is 5.56 Å². The molecule has 2 aromatic carbocycles. The van der Waals surface area contributed by atoms with E-state index in [-0.39, 0.29) is 17.7 Å². The van der Waals surface area contributed by atoms with Crippen molar-refractivity contribution in [1.29, 1.82) is 0 Å². The molecule has 1 aliphatic heterocycles. The molecule has 0 unspecified atom stereocenters. The van der Waals surface area contributed by atoms with Gasteiger partial charge in [0.05, 0.1) is 0 Å². The number of aromatic nitrogens is 1. The third kappa shape index (κ3) is 4.07. The molecule has 1 aromatic heterocycles. The maximum atomic E-state index is 14.2. The molecule has 6 heteroatoms. The van der Waals surface area contributed by atoms with Crippen molar-refractivity contribution in [2.45, 2.75) is 25.9 Å². The van der Waals surface area contributed by atoms with E-state index in [1.54, 1.807) is 35.9 Å². The van der Waals surface area contributed by atoms with Crippen LogP contribution in [0.2, 0.25) is 5.02 Å². The zero-order chi connectivity index (χ0) is 20.5. The van der Waals surface area contributed by atoms with Crippen LogP contribution >= 0.6 is 11.6 Å². The highest BCUT2D eigenvalue weighted by atomic mass is 35.5. The Morgan fingerprint density at radius 1 is 1.17 bits per heavy atom. The molecule has 0 radical (unpaired) electrons. The second-order valence-electron chi connectivity index (χ2n) is 7.51. The van der Waals surface area contributed by atoms with Crippen LogP contribution in [-0.2, 0) is 33.0 Å². The molecular weight excluding hydrogens is 391 g/mol. The van der Waals surface area contributed by atoms with Gasteiger partial charge >= 0.3 is 0 Å². The minimum Gasteiger partial charge on any atom is -0.508 e. The maximum absolute atomic E-state index is 14.2. The summed E-state index contributed by atoms with van der Waals surface area (Å²) in [6.07, 6.45) is 0.948. The van der Waals surface area contributed by atoms with Crippen molar-refractivity contribution < 1.29 is 9.50 Å². The van der Waals surface area contributed by atoms with E-state index < -0.39 is 5.82 Å². The standard InChI is InChI=1S/C23H22ClFN2O2/c1-26-22-9-10-27(13-15-5-7-18(28)8-6-15)14-17(22)11-16(23(26)29)12-19-20(24)3-2-4-21(19)25/h2-8,11,28H,9-10,12-14H2,1H3. The number of aromatic hydroxyl groups is 1. The molecule has 0 spiro atoms. The van der Waals surface area contributed by atoms with Crippen molar-refractivity contribution in [1.82, 2.24) is 9.47 Å². The molecule has 0 aliphatic carbocycles. The first-order valence-corrected chi connectivity index (χ1v) is 9.94. The second-order valence-corrected chi connectivity index (χ2v) is 7.92. The third-order valence-electron chi connectivity index (χ3n) is 5.53. The third-order valence-corrected chi connectivity index (χ3v) is 5.89. The maximum Gasteiger partial charge on any atom is 0.254 e. The molecule has 1 aliphatic rings. The molecule has 4 nitrogen and oxygen atoms in total. The molecule has 0 saturated heterocycles. The smallest absolute Gasteiger partial charge is 0.254 e. The van der Waals surface area contributed by atoms with E-state index in [0.29, 0.717) is 22.7 Å². The molecule has 4 rings (SSSR count). The first-order chi connectivity index (χ1) is 13.9. The van der Waals surface area contributed by atoms with E-state index in [1.165, 1.54) is 6.07 Å². The van der Waals surface area contributed by atoms with Crippen LogP contribution in [0.4, 0.5) is 4.39 Å². The summed E-state index contributed by atoms with van der Waals surface area (Å²) >= 11 is 6.16. The summed E-state index contributed by atoms with van der Waals surface area (Å²) < 4.78 is 15.9. The molecule has 150 valence electrons. The number of phenols is 1. The highest BCUT2D eigenvalue weighted by Crippen LogP contribution is 2.24.